The van der Waals surface area contributed by atoms with Crippen LogP contribution in [0.1, 0.15) is 33.6 Å². The smallest absolute Gasteiger partial charge is 0.193 e. The molecule has 1 unspecified atom stereocenters. The molecule has 0 radical (unpaired) electrons. The van der Waals surface area contributed by atoms with Crippen LogP contribution in [-0.2, 0) is 0 Å². The van der Waals surface area contributed by atoms with Crippen LogP contribution in [0.25, 0.3) is 0 Å². The van der Waals surface area contributed by atoms with Crippen LogP contribution in [0.15, 0.2) is 17.6 Å². The molecule has 0 saturated carbocycles. The second kappa shape index (κ2) is 10.9. The Bertz CT molecular complexity index is 259. The van der Waals surface area contributed by atoms with Crippen LogP contribution in [0.5, 0.6) is 0 Å². The van der Waals surface area contributed by atoms with E-state index in [2.05, 4.69) is 54.5 Å². The van der Waals surface area contributed by atoms with E-state index in [0.717, 1.165) is 45.0 Å². The summed E-state index contributed by atoms with van der Waals surface area (Å²) in [6, 6.07) is 0.522. The molecule has 1 atom stereocenters. The molecule has 0 aromatic carbocycles. The summed E-state index contributed by atoms with van der Waals surface area (Å²) in [6.07, 6.45) is 4.13. The van der Waals surface area contributed by atoms with Gasteiger partial charge in [0.15, 0.2) is 5.96 Å². The maximum Gasteiger partial charge on any atom is 0.193 e. The third-order valence-corrected chi connectivity index (χ3v) is 3.47. The predicted molar refractivity (Wildman–Crippen MR) is 85.8 cm³/mol. The number of hydrogen-bond acceptors (Lipinski definition) is 2. The van der Waals surface area contributed by atoms with Gasteiger partial charge in [0.25, 0.3) is 0 Å². The van der Waals surface area contributed by atoms with Crippen LogP contribution in [0.3, 0.4) is 0 Å². The molecule has 0 aliphatic carbocycles. The Kier molecular flexibility index (Phi) is 10.3. The number of unbranched alkanes of at least 4 members (excludes halogenated alkanes) is 1. The van der Waals surface area contributed by atoms with Crippen molar-refractivity contribution in [2.45, 2.75) is 39.7 Å². The zero-order valence-electron chi connectivity index (χ0n) is 13.4. The molecule has 0 rings (SSSR count). The first-order valence-electron chi connectivity index (χ1n) is 7.37. The van der Waals surface area contributed by atoms with Gasteiger partial charge in [0.2, 0.25) is 0 Å². The minimum atomic E-state index is 0.522. The van der Waals surface area contributed by atoms with E-state index >= 15 is 0 Å². The number of rotatable bonds is 9. The average Bonchev–Trinajstić information content (AvgIpc) is 2.41. The lowest BCUT2D eigenvalue weighted by Gasteiger charge is -2.29. The van der Waals surface area contributed by atoms with E-state index in [4.69, 9.17) is 0 Å². The lowest BCUT2D eigenvalue weighted by molar-refractivity contribution is 0.230. The van der Waals surface area contributed by atoms with Gasteiger partial charge >= 0.3 is 0 Å². The number of likely N-dealkylation sites (N-methyl/N-ethyl adjacent to an activating group) is 1. The molecule has 4 heteroatoms. The highest BCUT2D eigenvalue weighted by Crippen LogP contribution is 1.98. The van der Waals surface area contributed by atoms with Crippen LogP contribution in [0.4, 0.5) is 0 Å². The van der Waals surface area contributed by atoms with Crippen molar-refractivity contribution in [1.29, 1.82) is 0 Å². The topological polar surface area (TPSA) is 30.9 Å². The van der Waals surface area contributed by atoms with Crippen molar-refractivity contribution in [3.63, 3.8) is 0 Å². The van der Waals surface area contributed by atoms with Crippen molar-refractivity contribution in [2.24, 2.45) is 4.99 Å². The third-order valence-electron chi connectivity index (χ3n) is 3.47. The molecule has 0 aromatic heterocycles. The number of nitrogens with zero attached hydrogens (tertiary/aromatic N) is 3. The molecule has 0 amide bonds. The summed E-state index contributed by atoms with van der Waals surface area (Å²) in [5, 5.41) is 3.45. The molecule has 0 fully saturated rings. The van der Waals surface area contributed by atoms with Crippen molar-refractivity contribution in [3.05, 3.63) is 12.7 Å². The Hall–Kier alpha value is -1.03. The second-order valence-electron chi connectivity index (χ2n) is 4.85. The van der Waals surface area contributed by atoms with Gasteiger partial charge in [0.05, 0.1) is 0 Å². The van der Waals surface area contributed by atoms with Gasteiger partial charge in [-0.1, -0.05) is 19.9 Å². The Morgan fingerprint density at radius 1 is 1.37 bits per heavy atom. The molecule has 112 valence electrons. The van der Waals surface area contributed by atoms with Crippen molar-refractivity contribution < 1.29 is 0 Å². The minimum Gasteiger partial charge on any atom is -0.355 e. The summed E-state index contributed by atoms with van der Waals surface area (Å²) in [5.74, 6) is 0.975. The normalized spacial score (nSPS) is 13.5. The van der Waals surface area contributed by atoms with E-state index in [1.807, 2.05) is 13.1 Å². The summed E-state index contributed by atoms with van der Waals surface area (Å²) in [7, 11) is 3.93. The fourth-order valence-corrected chi connectivity index (χ4v) is 2.18. The summed E-state index contributed by atoms with van der Waals surface area (Å²) in [6.45, 7) is 14.5. The second-order valence-corrected chi connectivity index (χ2v) is 4.85. The van der Waals surface area contributed by atoms with Gasteiger partial charge in [0, 0.05) is 33.2 Å². The van der Waals surface area contributed by atoms with E-state index in [0.29, 0.717) is 6.04 Å². The highest BCUT2D eigenvalue weighted by molar-refractivity contribution is 5.79. The predicted octanol–water partition coefficient (Wildman–Crippen LogP) is 2.19. The Labute approximate surface area is 119 Å². The first-order valence-corrected chi connectivity index (χ1v) is 7.37. The van der Waals surface area contributed by atoms with Crippen molar-refractivity contribution >= 4 is 5.96 Å². The molecule has 0 aromatic rings. The lowest BCUT2D eigenvalue weighted by Crippen LogP contribution is -2.46. The zero-order valence-corrected chi connectivity index (χ0v) is 13.4. The van der Waals surface area contributed by atoms with Crippen molar-refractivity contribution in [3.8, 4) is 0 Å². The van der Waals surface area contributed by atoms with E-state index in [-0.39, 0.29) is 0 Å². The summed E-state index contributed by atoms with van der Waals surface area (Å²) < 4.78 is 0. The minimum absolute atomic E-state index is 0.522. The molecule has 0 heterocycles. The van der Waals surface area contributed by atoms with Gasteiger partial charge < -0.3 is 10.2 Å². The Balaban J connectivity index is 4.15. The van der Waals surface area contributed by atoms with Gasteiger partial charge in [-0.05, 0) is 32.9 Å². The Morgan fingerprint density at radius 2 is 2.00 bits per heavy atom. The van der Waals surface area contributed by atoms with Crippen LogP contribution >= 0.6 is 0 Å². The SMILES string of the molecule is C=CCCCN(C)C(=NC)NCC(C)N(CC)CC. The highest BCUT2D eigenvalue weighted by Gasteiger charge is 2.11. The largest absolute Gasteiger partial charge is 0.355 e. The molecule has 0 aliphatic heterocycles. The molecule has 0 bridgehead atoms. The molecule has 19 heavy (non-hydrogen) atoms. The summed E-state index contributed by atoms with van der Waals surface area (Å²) >= 11 is 0. The van der Waals surface area contributed by atoms with Gasteiger partial charge in [-0.15, -0.1) is 6.58 Å². The van der Waals surface area contributed by atoms with E-state index in [1.54, 1.807) is 0 Å². The average molecular weight is 268 g/mol. The maximum atomic E-state index is 4.34. The van der Waals surface area contributed by atoms with Crippen LogP contribution in [-0.4, -0.2) is 62.1 Å². The fraction of sp³-hybridized carbons (Fsp3) is 0.800. The monoisotopic (exact) mass is 268 g/mol. The number of nitrogens with one attached hydrogen (secondary N) is 1. The molecular weight excluding hydrogens is 236 g/mol. The molecule has 0 aliphatic rings. The molecule has 1 N–H and O–H groups in total. The molecule has 0 spiro atoms. The zero-order chi connectivity index (χ0) is 14.7. The van der Waals surface area contributed by atoms with E-state index < -0.39 is 0 Å². The molecule has 0 saturated heterocycles. The van der Waals surface area contributed by atoms with Crippen LogP contribution in [0.2, 0.25) is 0 Å². The van der Waals surface area contributed by atoms with Crippen molar-refractivity contribution in [1.82, 2.24) is 15.1 Å². The fourth-order valence-electron chi connectivity index (χ4n) is 2.18. The maximum absolute atomic E-state index is 4.34. The van der Waals surface area contributed by atoms with Gasteiger partial charge in [-0.3, -0.25) is 9.89 Å². The third kappa shape index (κ3) is 7.21. The van der Waals surface area contributed by atoms with E-state index in [9.17, 15) is 0 Å². The number of hydrogen-bond donors (Lipinski definition) is 1. The van der Waals surface area contributed by atoms with Gasteiger partial charge in [0.1, 0.15) is 0 Å². The van der Waals surface area contributed by atoms with Gasteiger partial charge in [-0.25, -0.2) is 0 Å². The number of guanidine groups is 1. The highest BCUT2D eigenvalue weighted by atomic mass is 15.3. The first-order chi connectivity index (χ1) is 9.10. The van der Waals surface area contributed by atoms with Gasteiger partial charge in [-0.2, -0.15) is 0 Å². The van der Waals surface area contributed by atoms with E-state index in [1.165, 1.54) is 0 Å². The quantitative estimate of drug-likeness (QED) is 0.301. The Morgan fingerprint density at radius 3 is 2.47 bits per heavy atom. The molecular formula is C15H32N4. The summed E-state index contributed by atoms with van der Waals surface area (Å²) in [4.78, 5) is 8.96. The van der Waals surface area contributed by atoms with Crippen molar-refractivity contribution in [2.75, 3.05) is 40.3 Å². The number of allylic oxidation sites excluding steroid dienone is 1. The summed E-state index contributed by atoms with van der Waals surface area (Å²) in [5.41, 5.74) is 0. The number of aliphatic imine (C=N–C) groups is 1. The lowest BCUT2D eigenvalue weighted by atomic mass is 10.2. The van der Waals surface area contributed by atoms with Crippen LogP contribution in [0, 0.1) is 0 Å². The molecule has 4 nitrogen and oxygen atoms in total. The first kappa shape index (κ1) is 18.0. The standard InChI is InChI=1S/C15H32N4/c1-7-10-11-12-18(6)15(16-5)17-13-14(4)19(8-2)9-3/h7,14H,1,8-13H2,2-6H3,(H,16,17). The van der Waals surface area contributed by atoms with Crippen LogP contribution < -0.4 is 5.32 Å².